The van der Waals surface area contributed by atoms with Crippen molar-refractivity contribution in [1.82, 2.24) is 0 Å². The summed E-state index contributed by atoms with van der Waals surface area (Å²) in [5.74, 6) is -0.932. The van der Waals surface area contributed by atoms with Crippen LogP contribution in [-0.4, -0.2) is 37.2 Å². The Balaban J connectivity index is 4.42. The molecule has 0 aromatic heterocycles. The molecule has 0 saturated heterocycles. The second-order valence-corrected chi connectivity index (χ2v) is 17.4. The highest BCUT2D eigenvalue weighted by molar-refractivity contribution is 5.71. The zero-order chi connectivity index (χ0) is 45.8. The van der Waals surface area contributed by atoms with Gasteiger partial charge < -0.3 is 14.2 Å². The zero-order valence-electron chi connectivity index (χ0n) is 41.3. The monoisotopic (exact) mass is 879 g/mol. The van der Waals surface area contributed by atoms with Gasteiger partial charge in [-0.3, -0.25) is 14.4 Å². The molecule has 0 N–H and O–H groups in total. The third kappa shape index (κ3) is 49.7. The minimum Gasteiger partial charge on any atom is -0.462 e. The van der Waals surface area contributed by atoms with Gasteiger partial charge in [0.25, 0.3) is 0 Å². The number of unbranched alkanes of at least 4 members (excludes halogenated alkanes) is 24. The summed E-state index contributed by atoms with van der Waals surface area (Å²) in [4.78, 5) is 38.0. The number of esters is 3. The Morgan fingerprint density at radius 3 is 0.921 bits per heavy atom. The van der Waals surface area contributed by atoms with Crippen LogP contribution in [0.4, 0.5) is 0 Å². The van der Waals surface area contributed by atoms with Gasteiger partial charge >= 0.3 is 17.9 Å². The van der Waals surface area contributed by atoms with Gasteiger partial charge in [0.2, 0.25) is 0 Å². The number of carbonyl (C=O) groups is 3. The third-order valence-corrected chi connectivity index (χ3v) is 11.2. The molecule has 0 bridgehead atoms. The van der Waals surface area contributed by atoms with Crippen molar-refractivity contribution in [2.75, 3.05) is 13.2 Å². The normalized spacial score (nSPS) is 12.2. The fourth-order valence-electron chi connectivity index (χ4n) is 7.16. The molecule has 0 aromatic rings. The van der Waals surface area contributed by atoms with Gasteiger partial charge in [0.15, 0.2) is 6.10 Å². The maximum Gasteiger partial charge on any atom is 0.306 e. The lowest BCUT2D eigenvalue weighted by Crippen LogP contribution is -2.30. The molecule has 0 aliphatic heterocycles. The molecule has 0 fully saturated rings. The molecule has 0 aromatic carbocycles. The van der Waals surface area contributed by atoms with Crippen LogP contribution in [0.25, 0.3) is 0 Å². The lowest BCUT2D eigenvalue weighted by molar-refractivity contribution is -0.167. The van der Waals surface area contributed by atoms with Crippen LogP contribution in [0.1, 0.15) is 252 Å². The van der Waals surface area contributed by atoms with E-state index in [4.69, 9.17) is 14.2 Å². The number of allylic oxidation sites excluding steroid dienone is 12. The number of hydrogen-bond acceptors (Lipinski definition) is 6. The lowest BCUT2D eigenvalue weighted by Gasteiger charge is -2.18. The summed E-state index contributed by atoms with van der Waals surface area (Å²) in [6.07, 6.45) is 64.5. The Morgan fingerprint density at radius 1 is 0.317 bits per heavy atom. The van der Waals surface area contributed by atoms with Crippen molar-refractivity contribution in [3.05, 3.63) is 72.9 Å². The molecule has 63 heavy (non-hydrogen) atoms. The second kappa shape index (κ2) is 51.5. The van der Waals surface area contributed by atoms with Gasteiger partial charge in [-0.15, -0.1) is 0 Å². The summed E-state index contributed by atoms with van der Waals surface area (Å²) in [5.41, 5.74) is 0. The minimum absolute atomic E-state index is 0.0932. The number of hydrogen-bond donors (Lipinski definition) is 0. The Hall–Kier alpha value is -3.15. The number of ether oxygens (including phenoxy) is 3. The molecular weight excluding hydrogens is 781 g/mol. The Kier molecular flexibility index (Phi) is 48.9. The fraction of sp³-hybridized carbons (Fsp3) is 0.737. The van der Waals surface area contributed by atoms with Crippen LogP contribution in [0.5, 0.6) is 0 Å². The van der Waals surface area contributed by atoms with Gasteiger partial charge in [0.1, 0.15) is 13.2 Å². The van der Waals surface area contributed by atoms with Crippen LogP contribution in [0.2, 0.25) is 0 Å². The first-order chi connectivity index (χ1) is 31.0. The molecule has 0 aliphatic rings. The first-order valence-corrected chi connectivity index (χ1v) is 26.4. The Morgan fingerprint density at radius 2 is 0.571 bits per heavy atom. The van der Waals surface area contributed by atoms with Gasteiger partial charge in [-0.05, 0) is 96.3 Å². The van der Waals surface area contributed by atoms with Crippen molar-refractivity contribution < 1.29 is 28.6 Å². The molecule has 0 radical (unpaired) electrons. The quantitative estimate of drug-likeness (QED) is 0.0262. The predicted molar refractivity (Wildman–Crippen MR) is 270 cm³/mol. The smallest absolute Gasteiger partial charge is 0.306 e. The first-order valence-electron chi connectivity index (χ1n) is 26.4. The molecule has 0 rings (SSSR count). The van der Waals surface area contributed by atoms with Crippen LogP contribution in [0, 0.1) is 0 Å². The first kappa shape index (κ1) is 59.9. The fourth-order valence-corrected chi connectivity index (χ4v) is 7.16. The van der Waals surface area contributed by atoms with Crippen LogP contribution < -0.4 is 0 Å². The molecule has 0 amide bonds. The third-order valence-electron chi connectivity index (χ3n) is 11.2. The molecule has 362 valence electrons. The summed E-state index contributed by atoms with van der Waals surface area (Å²) in [7, 11) is 0. The number of rotatable bonds is 47. The Bertz CT molecular complexity index is 1120. The largest absolute Gasteiger partial charge is 0.462 e. The topological polar surface area (TPSA) is 78.9 Å². The molecule has 6 heteroatoms. The van der Waals surface area contributed by atoms with Crippen molar-refractivity contribution in [3.8, 4) is 0 Å². The van der Waals surface area contributed by atoms with E-state index >= 15 is 0 Å². The van der Waals surface area contributed by atoms with Gasteiger partial charge in [-0.2, -0.15) is 0 Å². The molecule has 0 aliphatic carbocycles. The van der Waals surface area contributed by atoms with Crippen LogP contribution in [-0.2, 0) is 28.6 Å². The van der Waals surface area contributed by atoms with E-state index in [-0.39, 0.29) is 31.1 Å². The SMILES string of the molecule is CCCCC/C=C\C/C=C\C/C=C\CCCCCCC(=O)OCC(COC(=O)CCCCCC/C=C\C/C=C\C/C=C\CCCCC)OC(=O)CCCCCCCCCCCCC. The molecule has 0 atom stereocenters. The van der Waals surface area contributed by atoms with E-state index in [1.165, 1.54) is 103 Å². The molecule has 0 spiro atoms. The maximum absolute atomic E-state index is 12.8. The summed E-state index contributed by atoms with van der Waals surface area (Å²) in [6.45, 7) is 6.54. The van der Waals surface area contributed by atoms with E-state index in [1.807, 2.05) is 0 Å². The summed E-state index contributed by atoms with van der Waals surface area (Å²) in [5, 5.41) is 0. The van der Waals surface area contributed by atoms with Crippen molar-refractivity contribution in [2.24, 2.45) is 0 Å². The van der Waals surface area contributed by atoms with E-state index in [2.05, 4.69) is 93.7 Å². The van der Waals surface area contributed by atoms with Crippen molar-refractivity contribution in [2.45, 2.75) is 258 Å². The molecule has 0 heterocycles. The van der Waals surface area contributed by atoms with Gasteiger partial charge in [-0.1, -0.05) is 209 Å². The van der Waals surface area contributed by atoms with E-state index in [0.29, 0.717) is 19.3 Å². The molecule has 0 saturated carbocycles. The molecule has 0 unspecified atom stereocenters. The second-order valence-electron chi connectivity index (χ2n) is 17.4. The average molecular weight is 879 g/mol. The van der Waals surface area contributed by atoms with Crippen LogP contribution >= 0.6 is 0 Å². The van der Waals surface area contributed by atoms with Crippen molar-refractivity contribution >= 4 is 17.9 Å². The van der Waals surface area contributed by atoms with Crippen LogP contribution in [0.15, 0.2) is 72.9 Å². The van der Waals surface area contributed by atoms with Gasteiger partial charge in [0.05, 0.1) is 0 Å². The maximum atomic E-state index is 12.8. The zero-order valence-corrected chi connectivity index (χ0v) is 41.3. The van der Waals surface area contributed by atoms with Crippen molar-refractivity contribution in [1.29, 1.82) is 0 Å². The summed E-state index contributed by atoms with van der Waals surface area (Å²) in [6, 6.07) is 0. The Labute approximate surface area is 389 Å². The average Bonchev–Trinajstić information content (AvgIpc) is 3.28. The standard InChI is InChI=1S/C57H98O6/c1-4-7-10-13-16-19-22-24-26-28-30-32-35-37-40-43-46-49-55(58)61-52-54(63-57(60)51-48-45-42-39-34-21-18-15-12-9-6-3)53-62-56(59)50-47-44-41-38-36-33-31-29-27-25-23-20-17-14-11-8-5-2/h16-17,19-20,24-27,30-33,54H,4-15,18,21-23,28-29,34-53H2,1-3H3/b19-16-,20-17-,26-24-,27-25-,32-30-,33-31-. The summed E-state index contributed by atoms with van der Waals surface area (Å²) >= 11 is 0. The van der Waals surface area contributed by atoms with Gasteiger partial charge in [-0.25, -0.2) is 0 Å². The minimum atomic E-state index is -0.791. The highest BCUT2D eigenvalue weighted by Gasteiger charge is 2.19. The number of carbonyl (C=O) groups excluding carboxylic acids is 3. The highest BCUT2D eigenvalue weighted by atomic mass is 16.6. The van der Waals surface area contributed by atoms with E-state index in [9.17, 15) is 14.4 Å². The van der Waals surface area contributed by atoms with E-state index in [0.717, 1.165) is 109 Å². The highest BCUT2D eigenvalue weighted by Crippen LogP contribution is 2.14. The summed E-state index contributed by atoms with van der Waals surface area (Å²) < 4.78 is 16.8. The molecular formula is C57H98O6. The van der Waals surface area contributed by atoms with E-state index < -0.39 is 6.10 Å². The van der Waals surface area contributed by atoms with E-state index in [1.54, 1.807) is 0 Å². The van der Waals surface area contributed by atoms with Gasteiger partial charge in [0, 0.05) is 19.3 Å². The lowest BCUT2D eigenvalue weighted by atomic mass is 10.1. The molecule has 6 nitrogen and oxygen atoms in total. The predicted octanol–water partition coefficient (Wildman–Crippen LogP) is 17.4. The van der Waals surface area contributed by atoms with Crippen molar-refractivity contribution in [3.63, 3.8) is 0 Å². The van der Waals surface area contributed by atoms with Crippen LogP contribution in [0.3, 0.4) is 0 Å².